The highest BCUT2D eigenvalue weighted by Gasteiger charge is 2.30. The second-order valence-electron chi connectivity index (χ2n) is 8.37. The van der Waals surface area contributed by atoms with Gasteiger partial charge in [0, 0.05) is 13.1 Å². The Labute approximate surface area is 150 Å². The number of carboxylic acid groups (broad SMARTS) is 1. The Morgan fingerprint density at radius 1 is 1.12 bits per heavy atom. The van der Waals surface area contributed by atoms with Crippen LogP contribution in [0.4, 0.5) is 4.79 Å². The molecular formula is C21H29NO3. The third kappa shape index (κ3) is 4.36. The molecule has 1 heterocycles. The Morgan fingerprint density at radius 3 is 2.28 bits per heavy atom. The third-order valence-corrected chi connectivity index (χ3v) is 5.62. The van der Waals surface area contributed by atoms with Crippen LogP contribution in [-0.2, 0) is 0 Å². The zero-order chi connectivity index (χ0) is 18.0. The van der Waals surface area contributed by atoms with E-state index in [0.717, 1.165) is 35.6 Å². The van der Waals surface area contributed by atoms with Crippen molar-refractivity contribution in [3.63, 3.8) is 0 Å². The van der Waals surface area contributed by atoms with Crippen molar-refractivity contribution in [2.75, 3.05) is 13.1 Å². The van der Waals surface area contributed by atoms with Gasteiger partial charge < -0.3 is 14.7 Å². The lowest BCUT2D eigenvalue weighted by Crippen LogP contribution is -2.30. The maximum absolute atomic E-state index is 11.0. The number of rotatable bonds is 3. The first-order valence-corrected chi connectivity index (χ1v) is 9.27. The molecular weight excluding hydrogens is 314 g/mol. The number of carbonyl (C=O) groups is 1. The molecule has 0 unspecified atom stereocenters. The molecule has 0 atom stereocenters. The molecule has 0 spiro atoms. The van der Waals surface area contributed by atoms with Crippen LogP contribution in [0.15, 0.2) is 30.3 Å². The molecule has 4 heteroatoms. The Balaban J connectivity index is 1.53. The van der Waals surface area contributed by atoms with Crippen molar-refractivity contribution in [3.05, 3.63) is 35.9 Å². The molecule has 1 amide bonds. The quantitative estimate of drug-likeness (QED) is 0.836. The molecule has 1 N–H and O–H groups in total. The SMILES string of the molecule is CC(C)(C)C1CCC(Oc2ccc(C3=CCN(C(=O)O)C3)cc2)CC1. The van der Waals surface area contributed by atoms with Crippen LogP contribution in [0, 0.1) is 11.3 Å². The van der Waals surface area contributed by atoms with Crippen molar-refractivity contribution in [1.29, 1.82) is 0 Å². The van der Waals surface area contributed by atoms with Crippen molar-refractivity contribution < 1.29 is 14.6 Å². The fourth-order valence-electron chi connectivity index (χ4n) is 3.90. The maximum Gasteiger partial charge on any atom is 0.407 e. The number of ether oxygens (including phenoxy) is 1. The van der Waals surface area contributed by atoms with Gasteiger partial charge in [0.05, 0.1) is 6.10 Å². The van der Waals surface area contributed by atoms with E-state index in [-0.39, 0.29) is 0 Å². The topological polar surface area (TPSA) is 49.8 Å². The maximum atomic E-state index is 11.0. The molecule has 1 aromatic rings. The molecule has 1 aliphatic heterocycles. The molecule has 0 bridgehead atoms. The van der Waals surface area contributed by atoms with Gasteiger partial charge in [-0.3, -0.25) is 0 Å². The summed E-state index contributed by atoms with van der Waals surface area (Å²) in [6.07, 6.45) is 6.17. The van der Waals surface area contributed by atoms with E-state index in [1.54, 1.807) is 0 Å². The van der Waals surface area contributed by atoms with Crippen LogP contribution in [0.25, 0.3) is 5.57 Å². The fraction of sp³-hybridized carbons (Fsp3) is 0.571. The normalized spacial score (nSPS) is 24.1. The van der Waals surface area contributed by atoms with Gasteiger partial charge in [0.2, 0.25) is 0 Å². The first-order chi connectivity index (χ1) is 11.8. The second-order valence-corrected chi connectivity index (χ2v) is 8.37. The van der Waals surface area contributed by atoms with Crippen molar-refractivity contribution in [1.82, 2.24) is 4.90 Å². The van der Waals surface area contributed by atoms with Crippen molar-refractivity contribution in [2.45, 2.75) is 52.6 Å². The summed E-state index contributed by atoms with van der Waals surface area (Å²) in [5.74, 6) is 1.71. The largest absolute Gasteiger partial charge is 0.490 e. The molecule has 136 valence electrons. The fourth-order valence-corrected chi connectivity index (χ4v) is 3.90. The summed E-state index contributed by atoms with van der Waals surface area (Å²) in [6, 6.07) is 8.09. The average Bonchev–Trinajstić information content (AvgIpc) is 3.05. The number of hydrogen-bond donors (Lipinski definition) is 1. The molecule has 0 aromatic heterocycles. The molecule has 3 rings (SSSR count). The van der Waals surface area contributed by atoms with Crippen molar-refractivity contribution in [2.24, 2.45) is 11.3 Å². The van der Waals surface area contributed by atoms with Crippen LogP contribution in [0.3, 0.4) is 0 Å². The van der Waals surface area contributed by atoms with Gasteiger partial charge in [0.15, 0.2) is 0 Å². The minimum absolute atomic E-state index is 0.317. The summed E-state index contributed by atoms with van der Waals surface area (Å²) >= 11 is 0. The minimum atomic E-state index is -0.864. The van der Waals surface area contributed by atoms with Crippen LogP contribution >= 0.6 is 0 Å². The highest BCUT2D eigenvalue weighted by Crippen LogP contribution is 2.38. The summed E-state index contributed by atoms with van der Waals surface area (Å²) in [6.45, 7) is 7.94. The predicted molar refractivity (Wildman–Crippen MR) is 99.8 cm³/mol. The smallest absolute Gasteiger partial charge is 0.407 e. The van der Waals surface area contributed by atoms with Crippen LogP contribution in [0.5, 0.6) is 5.75 Å². The van der Waals surface area contributed by atoms with E-state index >= 15 is 0 Å². The monoisotopic (exact) mass is 343 g/mol. The van der Waals surface area contributed by atoms with Gasteiger partial charge in [0.1, 0.15) is 5.75 Å². The standard InChI is InChI=1S/C21H29NO3/c1-21(2,3)17-6-10-19(11-7-17)25-18-8-4-15(5-9-18)16-12-13-22(14-16)20(23)24/h4-5,8-9,12,17,19H,6-7,10-11,13-14H2,1-3H3,(H,23,24). The first kappa shape index (κ1) is 17.8. The number of amides is 1. The molecule has 25 heavy (non-hydrogen) atoms. The average molecular weight is 343 g/mol. The molecule has 0 saturated heterocycles. The van der Waals surface area contributed by atoms with Gasteiger partial charge in [0.25, 0.3) is 0 Å². The minimum Gasteiger partial charge on any atom is -0.490 e. The summed E-state index contributed by atoms with van der Waals surface area (Å²) in [5, 5.41) is 9.05. The lowest BCUT2D eigenvalue weighted by Gasteiger charge is -2.36. The van der Waals surface area contributed by atoms with Crippen LogP contribution in [-0.4, -0.2) is 35.3 Å². The van der Waals surface area contributed by atoms with Crippen LogP contribution in [0.1, 0.15) is 52.0 Å². The Kier molecular flexibility index (Phi) is 5.07. The van der Waals surface area contributed by atoms with Gasteiger partial charge in [-0.05, 0) is 60.3 Å². The molecule has 2 aliphatic rings. The molecule has 0 radical (unpaired) electrons. The molecule has 4 nitrogen and oxygen atoms in total. The van der Waals surface area contributed by atoms with E-state index in [2.05, 4.69) is 20.8 Å². The lowest BCUT2D eigenvalue weighted by molar-refractivity contribution is 0.0882. The van der Waals surface area contributed by atoms with E-state index in [1.807, 2.05) is 30.3 Å². The summed E-state index contributed by atoms with van der Waals surface area (Å²) in [7, 11) is 0. The highest BCUT2D eigenvalue weighted by molar-refractivity contribution is 5.76. The molecule has 1 aliphatic carbocycles. The first-order valence-electron chi connectivity index (χ1n) is 9.27. The van der Waals surface area contributed by atoms with Gasteiger partial charge in [-0.2, -0.15) is 0 Å². The summed E-state index contributed by atoms with van der Waals surface area (Å²) in [5.41, 5.74) is 2.54. The van der Waals surface area contributed by atoms with E-state index in [0.29, 0.717) is 24.6 Å². The van der Waals surface area contributed by atoms with E-state index < -0.39 is 6.09 Å². The third-order valence-electron chi connectivity index (χ3n) is 5.62. The zero-order valence-corrected chi connectivity index (χ0v) is 15.5. The highest BCUT2D eigenvalue weighted by atomic mass is 16.5. The number of hydrogen-bond acceptors (Lipinski definition) is 2. The summed E-state index contributed by atoms with van der Waals surface area (Å²) in [4.78, 5) is 12.4. The van der Waals surface area contributed by atoms with Crippen molar-refractivity contribution in [3.8, 4) is 5.75 Å². The van der Waals surface area contributed by atoms with Crippen molar-refractivity contribution >= 4 is 11.7 Å². The van der Waals surface area contributed by atoms with E-state index in [4.69, 9.17) is 9.84 Å². The number of benzene rings is 1. The molecule has 1 aromatic carbocycles. The van der Waals surface area contributed by atoms with Gasteiger partial charge >= 0.3 is 6.09 Å². The van der Waals surface area contributed by atoms with E-state index in [9.17, 15) is 4.79 Å². The van der Waals surface area contributed by atoms with Gasteiger partial charge in [-0.15, -0.1) is 0 Å². The predicted octanol–water partition coefficient (Wildman–Crippen LogP) is 5.05. The van der Waals surface area contributed by atoms with Crippen LogP contribution < -0.4 is 4.74 Å². The molecule has 1 fully saturated rings. The zero-order valence-electron chi connectivity index (χ0n) is 15.5. The Morgan fingerprint density at radius 2 is 1.76 bits per heavy atom. The molecule has 1 saturated carbocycles. The van der Waals surface area contributed by atoms with Crippen LogP contribution in [0.2, 0.25) is 0 Å². The van der Waals surface area contributed by atoms with E-state index in [1.165, 1.54) is 17.7 Å². The lowest BCUT2D eigenvalue weighted by atomic mass is 9.72. The Bertz CT molecular complexity index is 634. The van der Waals surface area contributed by atoms with Gasteiger partial charge in [-0.1, -0.05) is 39.0 Å². The Hall–Kier alpha value is -1.97. The second kappa shape index (κ2) is 7.11. The van der Waals surface area contributed by atoms with Gasteiger partial charge in [-0.25, -0.2) is 4.79 Å². The summed E-state index contributed by atoms with van der Waals surface area (Å²) < 4.78 is 6.17. The number of nitrogens with zero attached hydrogens (tertiary/aromatic N) is 1.